The van der Waals surface area contributed by atoms with Gasteiger partial charge in [-0.2, -0.15) is 4.31 Å². The van der Waals surface area contributed by atoms with Crippen molar-refractivity contribution in [3.05, 3.63) is 95.4 Å². The molecule has 10 heteroatoms. The second-order valence-corrected chi connectivity index (χ2v) is 10.9. The van der Waals surface area contributed by atoms with Crippen LogP contribution in [0, 0.1) is 0 Å². The third-order valence-corrected chi connectivity index (χ3v) is 8.48. The Labute approximate surface area is 208 Å². The van der Waals surface area contributed by atoms with Gasteiger partial charge in [0.15, 0.2) is 0 Å². The van der Waals surface area contributed by atoms with E-state index in [0.717, 1.165) is 39.3 Å². The molecule has 1 atom stereocenters. The highest BCUT2D eigenvalue weighted by molar-refractivity contribution is 7.91. The Hall–Kier alpha value is -3.47. The SMILES string of the molecule is COC(=O)C(C)c1cccc(CN(Cc2ccc(-c3cnccn3)cc2)S(=O)(=O)c2nccs2)c1. The topological polar surface area (TPSA) is 102 Å². The first-order valence-electron chi connectivity index (χ1n) is 10.8. The fourth-order valence-electron chi connectivity index (χ4n) is 3.58. The summed E-state index contributed by atoms with van der Waals surface area (Å²) in [6, 6.07) is 14.9. The fourth-order valence-corrected chi connectivity index (χ4v) is 5.97. The number of carbonyl (C=O) groups is 1. The predicted molar refractivity (Wildman–Crippen MR) is 133 cm³/mol. The third kappa shape index (κ3) is 5.79. The summed E-state index contributed by atoms with van der Waals surface area (Å²) >= 11 is 1.08. The number of thiazole rings is 1. The smallest absolute Gasteiger partial charge is 0.312 e. The first-order valence-corrected chi connectivity index (χ1v) is 13.1. The van der Waals surface area contributed by atoms with Crippen LogP contribution in [-0.4, -0.2) is 40.8 Å². The second-order valence-electron chi connectivity index (χ2n) is 7.85. The van der Waals surface area contributed by atoms with Crippen molar-refractivity contribution in [1.29, 1.82) is 0 Å². The molecule has 1 unspecified atom stereocenters. The van der Waals surface area contributed by atoms with Crippen LogP contribution in [0.1, 0.15) is 29.5 Å². The molecule has 0 spiro atoms. The van der Waals surface area contributed by atoms with Crippen LogP contribution in [0.25, 0.3) is 11.3 Å². The van der Waals surface area contributed by atoms with Crippen LogP contribution in [0.4, 0.5) is 0 Å². The van der Waals surface area contributed by atoms with Crippen molar-refractivity contribution in [2.24, 2.45) is 0 Å². The maximum Gasteiger partial charge on any atom is 0.312 e. The van der Waals surface area contributed by atoms with Gasteiger partial charge < -0.3 is 4.74 Å². The Morgan fingerprint density at radius 1 is 1.03 bits per heavy atom. The van der Waals surface area contributed by atoms with E-state index in [9.17, 15) is 13.2 Å². The Bertz CT molecular complexity index is 1380. The number of benzene rings is 2. The molecule has 4 rings (SSSR count). The van der Waals surface area contributed by atoms with Crippen LogP contribution in [-0.2, 0) is 32.6 Å². The van der Waals surface area contributed by atoms with Crippen molar-refractivity contribution in [3.8, 4) is 11.3 Å². The van der Waals surface area contributed by atoms with E-state index in [2.05, 4.69) is 15.0 Å². The quantitative estimate of drug-likeness (QED) is 0.311. The van der Waals surface area contributed by atoms with Gasteiger partial charge in [-0.25, -0.2) is 13.4 Å². The van der Waals surface area contributed by atoms with Gasteiger partial charge >= 0.3 is 5.97 Å². The summed E-state index contributed by atoms with van der Waals surface area (Å²) in [5, 5.41) is 1.64. The van der Waals surface area contributed by atoms with Gasteiger partial charge in [0.2, 0.25) is 4.34 Å². The summed E-state index contributed by atoms with van der Waals surface area (Å²) in [6.07, 6.45) is 6.39. The first kappa shape index (κ1) is 24.6. The molecule has 35 heavy (non-hydrogen) atoms. The number of methoxy groups -OCH3 is 1. The first-order chi connectivity index (χ1) is 16.9. The lowest BCUT2D eigenvalue weighted by Crippen LogP contribution is -2.30. The molecule has 180 valence electrons. The van der Waals surface area contributed by atoms with Crippen LogP contribution < -0.4 is 0 Å². The summed E-state index contributed by atoms with van der Waals surface area (Å²) in [6.45, 7) is 2.03. The largest absolute Gasteiger partial charge is 0.469 e. The molecule has 0 radical (unpaired) electrons. The van der Waals surface area contributed by atoms with Crippen molar-refractivity contribution in [2.45, 2.75) is 30.3 Å². The monoisotopic (exact) mass is 508 g/mol. The number of sulfonamides is 1. The summed E-state index contributed by atoms with van der Waals surface area (Å²) < 4.78 is 33.2. The van der Waals surface area contributed by atoms with E-state index in [-0.39, 0.29) is 23.4 Å². The van der Waals surface area contributed by atoms with Gasteiger partial charge in [0.1, 0.15) is 0 Å². The molecule has 0 saturated heterocycles. The third-order valence-electron chi connectivity index (χ3n) is 5.51. The standard InChI is InChI=1S/C25H24N4O4S2/c1-18(24(30)33-2)22-5-3-4-20(14-22)17-29(35(31,32)25-28-12-13-34-25)16-19-6-8-21(9-7-19)23-15-26-10-11-27-23/h3-15,18H,16-17H2,1-2H3. The number of nitrogens with zero attached hydrogens (tertiary/aromatic N) is 4. The minimum atomic E-state index is -3.84. The van der Waals surface area contributed by atoms with E-state index < -0.39 is 15.9 Å². The normalized spacial score (nSPS) is 12.4. The number of hydrogen-bond acceptors (Lipinski definition) is 8. The molecular weight excluding hydrogens is 484 g/mol. The molecule has 0 bridgehead atoms. The van der Waals surface area contributed by atoms with Crippen LogP contribution in [0.15, 0.2) is 83.0 Å². The van der Waals surface area contributed by atoms with Crippen molar-refractivity contribution in [2.75, 3.05) is 7.11 Å². The zero-order valence-corrected chi connectivity index (χ0v) is 20.9. The molecule has 2 heterocycles. The summed E-state index contributed by atoms with van der Waals surface area (Å²) in [7, 11) is -2.50. The number of aromatic nitrogens is 3. The lowest BCUT2D eigenvalue weighted by atomic mass is 9.99. The summed E-state index contributed by atoms with van der Waals surface area (Å²) in [5.41, 5.74) is 3.96. The number of hydrogen-bond donors (Lipinski definition) is 0. The van der Waals surface area contributed by atoms with Gasteiger partial charge in [0, 0.05) is 42.6 Å². The average molecular weight is 509 g/mol. The molecule has 0 saturated carbocycles. The number of ether oxygens (including phenoxy) is 1. The van der Waals surface area contributed by atoms with Gasteiger partial charge in [-0.3, -0.25) is 14.8 Å². The van der Waals surface area contributed by atoms with Crippen molar-refractivity contribution < 1.29 is 17.9 Å². The van der Waals surface area contributed by atoms with Crippen molar-refractivity contribution >= 4 is 27.3 Å². The van der Waals surface area contributed by atoms with Crippen molar-refractivity contribution in [1.82, 2.24) is 19.3 Å². The lowest BCUT2D eigenvalue weighted by Gasteiger charge is -2.22. The minimum Gasteiger partial charge on any atom is -0.469 e. The molecule has 0 amide bonds. The van der Waals surface area contributed by atoms with Crippen LogP contribution in [0.3, 0.4) is 0 Å². The molecule has 2 aromatic heterocycles. The fraction of sp³-hybridized carbons (Fsp3) is 0.200. The highest BCUT2D eigenvalue weighted by atomic mass is 32.2. The zero-order chi connectivity index (χ0) is 24.8. The Morgan fingerprint density at radius 3 is 2.46 bits per heavy atom. The van der Waals surface area contributed by atoms with E-state index in [1.54, 1.807) is 30.9 Å². The molecule has 0 fully saturated rings. The minimum absolute atomic E-state index is 0.0350. The molecule has 8 nitrogen and oxygen atoms in total. The highest BCUT2D eigenvalue weighted by Gasteiger charge is 2.28. The molecule has 2 aromatic carbocycles. The Balaban J connectivity index is 1.62. The molecule has 0 aliphatic rings. The average Bonchev–Trinajstić information content (AvgIpc) is 3.45. The number of carbonyl (C=O) groups excluding carboxylic acids is 1. The van der Waals surface area contributed by atoms with E-state index in [0.29, 0.717) is 0 Å². The Kier molecular flexibility index (Phi) is 7.64. The maximum absolute atomic E-state index is 13.4. The van der Waals surface area contributed by atoms with Crippen LogP contribution in [0.2, 0.25) is 0 Å². The van der Waals surface area contributed by atoms with Gasteiger partial charge in [-0.05, 0) is 23.6 Å². The Morgan fingerprint density at radius 2 is 1.80 bits per heavy atom. The number of rotatable bonds is 9. The molecular formula is C25H24N4O4S2. The zero-order valence-electron chi connectivity index (χ0n) is 19.2. The van der Waals surface area contributed by atoms with E-state index in [4.69, 9.17) is 4.74 Å². The molecule has 4 aromatic rings. The van der Waals surface area contributed by atoms with Crippen LogP contribution >= 0.6 is 11.3 Å². The maximum atomic E-state index is 13.4. The second kappa shape index (κ2) is 10.9. The van der Waals surface area contributed by atoms with Gasteiger partial charge in [0.25, 0.3) is 10.0 Å². The van der Waals surface area contributed by atoms with Crippen molar-refractivity contribution in [3.63, 3.8) is 0 Å². The molecule has 0 aliphatic carbocycles. The summed E-state index contributed by atoms with van der Waals surface area (Å²) in [5.74, 6) is -0.810. The summed E-state index contributed by atoms with van der Waals surface area (Å²) in [4.78, 5) is 24.4. The molecule has 0 N–H and O–H groups in total. The molecule has 0 aliphatic heterocycles. The predicted octanol–water partition coefficient (Wildman–Crippen LogP) is 4.27. The van der Waals surface area contributed by atoms with Gasteiger partial charge in [-0.15, -0.1) is 11.3 Å². The lowest BCUT2D eigenvalue weighted by molar-refractivity contribution is -0.141. The van der Waals surface area contributed by atoms with Gasteiger partial charge in [-0.1, -0.05) is 48.5 Å². The highest BCUT2D eigenvalue weighted by Crippen LogP contribution is 2.25. The van der Waals surface area contributed by atoms with Gasteiger partial charge in [0.05, 0.1) is 24.9 Å². The van der Waals surface area contributed by atoms with E-state index in [1.165, 1.54) is 17.6 Å². The van der Waals surface area contributed by atoms with Crippen LogP contribution in [0.5, 0.6) is 0 Å². The van der Waals surface area contributed by atoms with E-state index >= 15 is 0 Å². The van der Waals surface area contributed by atoms with E-state index in [1.807, 2.05) is 48.5 Å². The number of esters is 1.